The first-order chi connectivity index (χ1) is 11.8. The average Bonchev–Trinajstić information content (AvgIpc) is 3.05. The Labute approximate surface area is 144 Å². The second kappa shape index (κ2) is 6.81. The highest BCUT2D eigenvalue weighted by atomic mass is 32.2. The third kappa shape index (κ3) is 3.73. The molecule has 0 saturated carbocycles. The van der Waals surface area contributed by atoms with Crippen LogP contribution in [0, 0.1) is 0 Å². The van der Waals surface area contributed by atoms with Crippen molar-refractivity contribution in [2.45, 2.75) is 36.3 Å². The van der Waals surface area contributed by atoms with Crippen molar-refractivity contribution in [3.8, 4) is 0 Å². The summed E-state index contributed by atoms with van der Waals surface area (Å²) in [6.45, 7) is -0.356. The van der Waals surface area contributed by atoms with E-state index in [1.165, 1.54) is 4.31 Å². The van der Waals surface area contributed by atoms with Gasteiger partial charge in [0.05, 0.1) is 11.8 Å². The van der Waals surface area contributed by atoms with E-state index in [4.69, 9.17) is 0 Å². The summed E-state index contributed by atoms with van der Waals surface area (Å²) in [6.07, 6.45) is 0.115. The first-order valence-corrected chi connectivity index (χ1v) is 9.34. The number of hydrogen-bond acceptors (Lipinski definition) is 4. The molecule has 0 aliphatic carbocycles. The Balaban J connectivity index is 1.72. The van der Waals surface area contributed by atoms with Gasteiger partial charge in [-0.2, -0.15) is 9.40 Å². The van der Waals surface area contributed by atoms with E-state index in [0.29, 0.717) is 0 Å². The molecular weight excluding hydrogens is 352 g/mol. The molecule has 1 aromatic carbocycles. The summed E-state index contributed by atoms with van der Waals surface area (Å²) in [5.41, 5.74) is -0.301. The van der Waals surface area contributed by atoms with E-state index in [2.05, 4.69) is 5.10 Å². The molecule has 25 heavy (non-hydrogen) atoms. The minimum absolute atomic E-state index is 0.113. The highest BCUT2D eigenvalue weighted by molar-refractivity contribution is 7.89. The van der Waals surface area contributed by atoms with Gasteiger partial charge in [-0.3, -0.25) is 4.68 Å². The zero-order valence-electron chi connectivity index (χ0n) is 13.4. The Kier molecular flexibility index (Phi) is 4.90. The number of halogens is 2. The molecular formula is C16H19F2N3O3S. The van der Waals surface area contributed by atoms with Crippen LogP contribution < -0.4 is 0 Å². The highest BCUT2D eigenvalue weighted by Crippen LogP contribution is 2.34. The highest BCUT2D eigenvalue weighted by Gasteiger charge is 2.38. The van der Waals surface area contributed by atoms with Gasteiger partial charge in [-0.1, -0.05) is 30.3 Å². The normalized spacial score (nSPS) is 18.6. The van der Waals surface area contributed by atoms with Crippen molar-refractivity contribution in [2.24, 2.45) is 0 Å². The molecule has 0 spiro atoms. The summed E-state index contributed by atoms with van der Waals surface area (Å²) in [5, 5.41) is 14.5. The van der Waals surface area contributed by atoms with Gasteiger partial charge in [0.1, 0.15) is 11.4 Å². The van der Waals surface area contributed by atoms with Crippen molar-refractivity contribution in [3.05, 3.63) is 48.3 Å². The van der Waals surface area contributed by atoms with Crippen LogP contribution in [-0.2, 0) is 22.2 Å². The standard InChI is InChI=1S/C16H19F2N3O3S/c17-15(18)12-20-11-14(10-19-20)25(23,24)21-8-6-16(22,7-9-21)13-4-2-1-3-5-13/h1-5,10-11,15,22H,6-9,12H2. The lowest BCUT2D eigenvalue weighted by Gasteiger charge is -2.37. The van der Waals surface area contributed by atoms with Gasteiger partial charge >= 0.3 is 0 Å². The van der Waals surface area contributed by atoms with Crippen LogP contribution in [0.2, 0.25) is 0 Å². The van der Waals surface area contributed by atoms with Gasteiger partial charge < -0.3 is 5.11 Å². The summed E-state index contributed by atoms with van der Waals surface area (Å²) in [4.78, 5) is -0.113. The maximum Gasteiger partial charge on any atom is 0.257 e. The van der Waals surface area contributed by atoms with Crippen molar-refractivity contribution >= 4 is 10.0 Å². The quantitative estimate of drug-likeness (QED) is 0.870. The van der Waals surface area contributed by atoms with Crippen molar-refractivity contribution in [2.75, 3.05) is 13.1 Å². The van der Waals surface area contributed by atoms with Crippen LogP contribution in [-0.4, -0.2) is 47.1 Å². The van der Waals surface area contributed by atoms with Gasteiger partial charge in [0.15, 0.2) is 0 Å². The summed E-state index contributed by atoms with van der Waals surface area (Å²) >= 11 is 0. The van der Waals surface area contributed by atoms with Gasteiger partial charge in [0.25, 0.3) is 6.43 Å². The zero-order chi connectivity index (χ0) is 18.1. The van der Waals surface area contributed by atoms with Gasteiger partial charge in [-0.15, -0.1) is 0 Å². The fourth-order valence-corrected chi connectivity index (χ4v) is 4.40. The molecule has 0 unspecified atom stereocenters. The Morgan fingerprint density at radius 1 is 1.20 bits per heavy atom. The maximum absolute atomic E-state index is 12.6. The second-order valence-electron chi connectivity index (χ2n) is 6.09. The summed E-state index contributed by atoms with van der Waals surface area (Å²) < 4.78 is 52.2. The Morgan fingerprint density at radius 3 is 2.44 bits per heavy atom. The zero-order valence-corrected chi connectivity index (χ0v) is 14.2. The largest absolute Gasteiger partial charge is 0.385 e. The van der Waals surface area contributed by atoms with Gasteiger partial charge in [0.2, 0.25) is 10.0 Å². The number of benzene rings is 1. The van der Waals surface area contributed by atoms with Crippen LogP contribution in [0.1, 0.15) is 18.4 Å². The number of alkyl halides is 2. The molecule has 1 aliphatic rings. The summed E-state index contributed by atoms with van der Waals surface area (Å²) in [5.74, 6) is 0. The summed E-state index contributed by atoms with van der Waals surface area (Å²) in [6, 6.07) is 9.14. The number of aliphatic hydroxyl groups is 1. The lowest BCUT2D eigenvalue weighted by Crippen LogP contribution is -2.45. The van der Waals surface area contributed by atoms with Crippen LogP contribution >= 0.6 is 0 Å². The van der Waals surface area contributed by atoms with Crippen molar-refractivity contribution in [1.29, 1.82) is 0 Å². The number of nitrogens with zero attached hydrogens (tertiary/aromatic N) is 3. The van der Waals surface area contributed by atoms with E-state index in [-0.39, 0.29) is 30.8 Å². The number of piperidine rings is 1. The minimum atomic E-state index is -3.82. The number of aromatic nitrogens is 2. The van der Waals surface area contributed by atoms with E-state index in [9.17, 15) is 22.3 Å². The molecule has 0 atom stereocenters. The molecule has 1 fully saturated rings. The first kappa shape index (κ1) is 18.0. The van der Waals surface area contributed by atoms with Gasteiger partial charge in [-0.05, 0) is 18.4 Å². The van der Waals surface area contributed by atoms with E-state index in [1.807, 2.05) is 30.3 Å². The molecule has 136 valence electrons. The van der Waals surface area contributed by atoms with Crippen LogP contribution in [0.25, 0.3) is 0 Å². The van der Waals surface area contributed by atoms with E-state index in [0.717, 1.165) is 22.6 Å². The molecule has 0 amide bonds. The third-order valence-corrected chi connectivity index (χ3v) is 6.28. The van der Waals surface area contributed by atoms with Crippen molar-refractivity contribution in [1.82, 2.24) is 14.1 Å². The van der Waals surface area contributed by atoms with Crippen LogP contribution in [0.3, 0.4) is 0 Å². The maximum atomic E-state index is 12.6. The fourth-order valence-electron chi connectivity index (χ4n) is 3.00. The third-order valence-electron chi connectivity index (χ3n) is 4.43. The number of rotatable bonds is 5. The number of hydrogen-bond donors (Lipinski definition) is 1. The number of sulfonamides is 1. The fraction of sp³-hybridized carbons (Fsp3) is 0.438. The summed E-state index contributed by atoms with van der Waals surface area (Å²) in [7, 11) is -3.82. The lowest BCUT2D eigenvalue weighted by molar-refractivity contribution is -0.00961. The molecule has 1 N–H and O–H groups in total. The SMILES string of the molecule is O=S(=O)(c1cnn(CC(F)F)c1)N1CCC(O)(c2ccccc2)CC1. The smallest absolute Gasteiger partial charge is 0.257 e. The van der Waals surface area contributed by atoms with Crippen LogP contribution in [0.5, 0.6) is 0 Å². The Bertz CT molecular complexity index is 816. The molecule has 0 bridgehead atoms. The van der Waals surface area contributed by atoms with Crippen molar-refractivity contribution < 1.29 is 22.3 Å². The van der Waals surface area contributed by atoms with E-state index >= 15 is 0 Å². The van der Waals surface area contributed by atoms with Crippen molar-refractivity contribution in [3.63, 3.8) is 0 Å². The van der Waals surface area contributed by atoms with E-state index in [1.54, 1.807) is 0 Å². The second-order valence-corrected chi connectivity index (χ2v) is 8.03. The lowest BCUT2D eigenvalue weighted by atomic mass is 9.85. The van der Waals surface area contributed by atoms with E-state index < -0.39 is 28.6 Å². The molecule has 3 rings (SSSR count). The predicted octanol–water partition coefficient (Wildman–Crippen LogP) is 1.82. The predicted molar refractivity (Wildman–Crippen MR) is 86.6 cm³/mol. The first-order valence-electron chi connectivity index (χ1n) is 7.90. The van der Waals surface area contributed by atoms with Gasteiger partial charge in [0, 0.05) is 19.3 Å². The molecule has 1 aromatic heterocycles. The Morgan fingerprint density at radius 2 is 1.84 bits per heavy atom. The molecule has 9 heteroatoms. The van der Waals surface area contributed by atoms with Crippen LogP contribution in [0.15, 0.2) is 47.6 Å². The molecule has 1 aliphatic heterocycles. The molecule has 2 aromatic rings. The monoisotopic (exact) mass is 371 g/mol. The Hall–Kier alpha value is -1.84. The average molecular weight is 371 g/mol. The minimum Gasteiger partial charge on any atom is -0.385 e. The molecule has 2 heterocycles. The molecule has 1 saturated heterocycles. The molecule has 6 nitrogen and oxygen atoms in total. The topological polar surface area (TPSA) is 75.4 Å². The van der Waals surface area contributed by atoms with Gasteiger partial charge in [-0.25, -0.2) is 17.2 Å². The molecule has 0 radical (unpaired) electrons. The van der Waals surface area contributed by atoms with Crippen LogP contribution in [0.4, 0.5) is 8.78 Å².